The maximum Gasteiger partial charge on any atom is 0.339 e. The number of hydrogen-bond acceptors (Lipinski definition) is 5. The van der Waals surface area contributed by atoms with E-state index in [4.69, 9.17) is 10.2 Å². The van der Waals surface area contributed by atoms with Gasteiger partial charge in [-0.1, -0.05) is 0 Å². The van der Waals surface area contributed by atoms with Crippen LogP contribution in [0.15, 0.2) is 23.1 Å². The molecular weight excluding hydrogens is 286 g/mol. The molecule has 4 N–H and O–H groups in total. The van der Waals surface area contributed by atoms with Crippen LogP contribution in [0.5, 0.6) is 5.75 Å². The SMILES string of the molecule is O=C(O)c1cc(S(=O)(=O)NCC2(CO)CC2)ccc1O. The first kappa shape index (κ1) is 14.8. The molecule has 1 saturated carbocycles. The predicted octanol–water partition coefficient (Wildman–Crippen LogP) is 0.141. The first-order valence-electron chi connectivity index (χ1n) is 5.96. The lowest BCUT2D eigenvalue weighted by atomic mass is 10.1. The number of phenols is 1. The minimum atomic E-state index is -3.87. The molecule has 8 heteroatoms. The van der Waals surface area contributed by atoms with Crippen molar-refractivity contribution < 1.29 is 28.5 Å². The first-order valence-corrected chi connectivity index (χ1v) is 7.45. The summed E-state index contributed by atoms with van der Waals surface area (Å²) in [6, 6.07) is 3.05. The van der Waals surface area contributed by atoms with Crippen molar-refractivity contribution in [3.05, 3.63) is 23.8 Å². The number of carboxylic acid groups (broad SMARTS) is 1. The fraction of sp³-hybridized carbons (Fsp3) is 0.417. The van der Waals surface area contributed by atoms with Crippen molar-refractivity contribution in [2.45, 2.75) is 17.7 Å². The second-order valence-corrected chi connectivity index (χ2v) is 6.73. The summed E-state index contributed by atoms with van der Waals surface area (Å²) < 4.78 is 26.4. The molecule has 1 fully saturated rings. The number of carboxylic acids is 1. The van der Waals surface area contributed by atoms with E-state index in [9.17, 15) is 18.3 Å². The van der Waals surface area contributed by atoms with Gasteiger partial charge in [-0.25, -0.2) is 17.9 Å². The van der Waals surface area contributed by atoms with Crippen molar-refractivity contribution in [2.24, 2.45) is 5.41 Å². The van der Waals surface area contributed by atoms with Crippen molar-refractivity contribution in [2.75, 3.05) is 13.2 Å². The number of hydrogen-bond donors (Lipinski definition) is 4. The zero-order chi connectivity index (χ0) is 15.0. The van der Waals surface area contributed by atoms with Crippen LogP contribution in [0.3, 0.4) is 0 Å². The summed E-state index contributed by atoms with van der Waals surface area (Å²) in [5, 5.41) is 27.3. The standard InChI is InChI=1S/C12H15NO6S/c14-7-12(3-4-12)6-13-20(18,19)8-1-2-10(15)9(5-8)11(16)17/h1-2,5,13-15H,3-4,6-7H2,(H,16,17). The Balaban J connectivity index is 2.21. The van der Waals surface area contributed by atoms with Gasteiger partial charge in [-0.2, -0.15) is 0 Å². The molecule has 1 aliphatic rings. The number of nitrogens with one attached hydrogen (secondary N) is 1. The van der Waals surface area contributed by atoms with Gasteiger partial charge in [-0.05, 0) is 31.0 Å². The molecule has 1 aliphatic carbocycles. The molecule has 0 spiro atoms. The summed E-state index contributed by atoms with van der Waals surface area (Å²) >= 11 is 0. The summed E-state index contributed by atoms with van der Waals surface area (Å²) in [6.07, 6.45) is 1.50. The molecule has 0 aromatic heterocycles. The molecule has 0 saturated heterocycles. The zero-order valence-electron chi connectivity index (χ0n) is 10.5. The molecule has 110 valence electrons. The van der Waals surface area contributed by atoms with Crippen molar-refractivity contribution in [1.82, 2.24) is 4.72 Å². The van der Waals surface area contributed by atoms with Crippen LogP contribution in [-0.2, 0) is 10.0 Å². The van der Waals surface area contributed by atoms with E-state index in [1.807, 2.05) is 0 Å². The van der Waals surface area contributed by atoms with Crippen LogP contribution in [0.2, 0.25) is 0 Å². The van der Waals surface area contributed by atoms with Gasteiger partial charge in [0.1, 0.15) is 11.3 Å². The van der Waals surface area contributed by atoms with Gasteiger partial charge in [0.2, 0.25) is 10.0 Å². The van der Waals surface area contributed by atoms with Crippen LogP contribution in [-0.4, -0.2) is 42.9 Å². The smallest absolute Gasteiger partial charge is 0.339 e. The second kappa shape index (κ2) is 5.04. The van der Waals surface area contributed by atoms with Crippen molar-refractivity contribution >= 4 is 16.0 Å². The van der Waals surface area contributed by atoms with E-state index in [1.54, 1.807) is 0 Å². The lowest BCUT2D eigenvalue weighted by Crippen LogP contribution is -2.32. The fourth-order valence-corrected chi connectivity index (χ4v) is 2.94. The van der Waals surface area contributed by atoms with Gasteiger partial charge in [0, 0.05) is 18.6 Å². The minimum absolute atomic E-state index is 0.0918. The Kier molecular flexibility index (Phi) is 3.72. The summed E-state index contributed by atoms with van der Waals surface area (Å²) in [4.78, 5) is 10.6. The predicted molar refractivity (Wildman–Crippen MR) is 69.0 cm³/mol. The molecule has 1 aromatic carbocycles. The summed E-state index contributed by atoms with van der Waals surface area (Å²) in [5.74, 6) is -1.90. The Morgan fingerprint density at radius 1 is 1.35 bits per heavy atom. The number of benzene rings is 1. The third-order valence-electron chi connectivity index (χ3n) is 3.44. The molecule has 0 heterocycles. The van der Waals surface area contributed by atoms with E-state index in [1.165, 1.54) is 0 Å². The first-order chi connectivity index (χ1) is 9.30. The molecule has 0 aliphatic heterocycles. The van der Waals surface area contributed by atoms with Gasteiger partial charge in [-0.3, -0.25) is 0 Å². The van der Waals surface area contributed by atoms with Gasteiger partial charge in [0.15, 0.2) is 0 Å². The Bertz CT molecular complexity index is 635. The molecule has 0 bridgehead atoms. The minimum Gasteiger partial charge on any atom is -0.507 e. The maximum atomic E-state index is 12.0. The van der Waals surface area contributed by atoms with Crippen molar-refractivity contribution in [3.8, 4) is 5.75 Å². The highest BCUT2D eigenvalue weighted by atomic mass is 32.2. The highest BCUT2D eigenvalue weighted by molar-refractivity contribution is 7.89. The van der Waals surface area contributed by atoms with Gasteiger partial charge in [0.05, 0.1) is 4.90 Å². The monoisotopic (exact) mass is 301 g/mol. The van der Waals surface area contributed by atoms with E-state index < -0.39 is 27.3 Å². The number of aliphatic hydroxyl groups is 1. The summed E-state index contributed by atoms with van der Waals surface area (Å²) in [7, 11) is -3.87. The van der Waals surface area contributed by atoms with Gasteiger partial charge >= 0.3 is 5.97 Å². The maximum absolute atomic E-state index is 12.0. The number of sulfonamides is 1. The van der Waals surface area contributed by atoms with Crippen LogP contribution < -0.4 is 4.72 Å². The average Bonchev–Trinajstić information content (AvgIpc) is 3.17. The van der Waals surface area contributed by atoms with Crippen LogP contribution in [0.25, 0.3) is 0 Å². The van der Waals surface area contributed by atoms with Crippen molar-refractivity contribution in [1.29, 1.82) is 0 Å². The number of aliphatic hydroxyl groups excluding tert-OH is 1. The summed E-state index contributed by atoms with van der Waals surface area (Å²) in [6.45, 7) is 0.0145. The van der Waals surface area contributed by atoms with E-state index in [0.29, 0.717) is 0 Å². The molecule has 0 radical (unpaired) electrons. The normalized spacial score (nSPS) is 16.9. The fourth-order valence-electron chi connectivity index (χ4n) is 1.75. The molecule has 0 amide bonds. The Morgan fingerprint density at radius 2 is 2.00 bits per heavy atom. The molecule has 7 nitrogen and oxygen atoms in total. The topological polar surface area (TPSA) is 124 Å². The molecule has 0 atom stereocenters. The molecule has 0 unspecified atom stereocenters. The average molecular weight is 301 g/mol. The highest BCUT2D eigenvalue weighted by Gasteiger charge is 2.42. The Hall–Kier alpha value is -1.64. The highest BCUT2D eigenvalue weighted by Crippen LogP contribution is 2.44. The largest absolute Gasteiger partial charge is 0.507 e. The molecule has 2 rings (SSSR count). The third-order valence-corrected chi connectivity index (χ3v) is 4.84. The van der Waals surface area contributed by atoms with E-state index in [2.05, 4.69) is 4.72 Å². The quantitative estimate of drug-likeness (QED) is 0.592. The number of rotatable bonds is 6. The Labute approximate surface area is 115 Å². The van der Waals surface area contributed by atoms with Gasteiger partial charge in [-0.15, -0.1) is 0 Å². The Morgan fingerprint density at radius 3 is 2.50 bits per heavy atom. The van der Waals surface area contributed by atoms with E-state index in [0.717, 1.165) is 31.0 Å². The van der Waals surface area contributed by atoms with Crippen LogP contribution in [0.4, 0.5) is 0 Å². The van der Waals surface area contributed by atoms with Crippen LogP contribution in [0.1, 0.15) is 23.2 Å². The van der Waals surface area contributed by atoms with E-state index in [-0.39, 0.29) is 23.5 Å². The van der Waals surface area contributed by atoms with Gasteiger partial charge in [0.25, 0.3) is 0 Å². The second-order valence-electron chi connectivity index (χ2n) is 4.97. The van der Waals surface area contributed by atoms with Gasteiger partial charge < -0.3 is 15.3 Å². The van der Waals surface area contributed by atoms with Crippen molar-refractivity contribution in [3.63, 3.8) is 0 Å². The molecular formula is C12H15NO6S. The molecule has 20 heavy (non-hydrogen) atoms. The molecule has 1 aromatic rings. The van der Waals surface area contributed by atoms with E-state index >= 15 is 0 Å². The van der Waals surface area contributed by atoms with Crippen LogP contribution >= 0.6 is 0 Å². The third kappa shape index (κ3) is 2.92. The number of aromatic hydroxyl groups is 1. The number of carbonyl (C=O) groups is 1. The van der Waals surface area contributed by atoms with Crippen LogP contribution in [0, 0.1) is 5.41 Å². The number of aromatic carboxylic acids is 1. The lowest BCUT2D eigenvalue weighted by molar-refractivity contribution is 0.0693. The summed E-state index contributed by atoms with van der Waals surface area (Å²) in [5.41, 5.74) is -0.865. The zero-order valence-corrected chi connectivity index (χ0v) is 11.4. The lowest BCUT2D eigenvalue weighted by Gasteiger charge is -2.13.